The molecule has 25 heavy (non-hydrogen) atoms. The van der Waals surface area contributed by atoms with E-state index >= 15 is 0 Å². The van der Waals surface area contributed by atoms with Crippen molar-refractivity contribution in [3.63, 3.8) is 0 Å². The predicted molar refractivity (Wildman–Crippen MR) is 95.1 cm³/mol. The second-order valence-electron chi connectivity index (χ2n) is 6.72. The van der Waals surface area contributed by atoms with Gasteiger partial charge >= 0.3 is 0 Å². The third-order valence-electron chi connectivity index (χ3n) is 4.68. The fraction of sp³-hybridized carbons (Fsp3) is 0.526. The highest BCUT2D eigenvalue weighted by Gasteiger charge is 2.28. The number of morpholine rings is 1. The summed E-state index contributed by atoms with van der Waals surface area (Å²) >= 11 is 0. The first-order valence-corrected chi connectivity index (χ1v) is 8.89. The molecule has 0 bridgehead atoms. The molecule has 2 aliphatic rings. The van der Waals surface area contributed by atoms with Gasteiger partial charge in [0.05, 0.1) is 31.0 Å². The van der Waals surface area contributed by atoms with Gasteiger partial charge in [-0.1, -0.05) is 30.3 Å². The minimum absolute atomic E-state index is 0.0162. The van der Waals surface area contributed by atoms with Gasteiger partial charge in [0.25, 0.3) is 0 Å². The van der Waals surface area contributed by atoms with Crippen molar-refractivity contribution in [3.05, 3.63) is 35.9 Å². The van der Waals surface area contributed by atoms with E-state index in [1.165, 1.54) is 5.01 Å². The Morgan fingerprint density at radius 2 is 1.88 bits per heavy atom. The monoisotopic (exact) mass is 343 g/mol. The minimum atomic E-state index is -0.0896. The minimum Gasteiger partial charge on any atom is -0.375 e. The second kappa shape index (κ2) is 7.78. The lowest BCUT2D eigenvalue weighted by molar-refractivity contribution is -0.145. The molecule has 0 aliphatic carbocycles. The lowest BCUT2D eigenvalue weighted by atomic mass is 10.1. The van der Waals surface area contributed by atoms with Gasteiger partial charge in [-0.05, 0) is 19.4 Å². The van der Waals surface area contributed by atoms with Crippen molar-refractivity contribution in [1.29, 1.82) is 0 Å². The number of carbonyl (C=O) groups is 2. The van der Waals surface area contributed by atoms with Gasteiger partial charge in [-0.25, -0.2) is 5.01 Å². The van der Waals surface area contributed by atoms with Gasteiger partial charge in [-0.2, -0.15) is 5.10 Å². The number of hydrogen-bond donors (Lipinski definition) is 0. The van der Waals surface area contributed by atoms with Crippen LogP contribution in [0.2, 0.25) is 0 Å². The van der Waals surface area contributed by atoms with Crippen molar-refractivity contribution in [2.75, 3.05) is 19.7 Å². The third kappa shape index (κ3) is 4.25. The van der Waals surface area contributed by atoms with Crippen LogP contribution in [0.1, 0.15) is 38.7 Å². The summed E-state index contributed by atoms with van der Waals surface area (Å²) < 4.78 is 5.54. The van der Waals surface area contributed by atoms with Crippen LogP contribution in [0.5, 0.6) is 0 Å². The maximum Gasteiger partial charge on any atom is 0.243 e. The zero-order chi connectivity index (χ0) is 17.8. The second-order valence-corrected chi connectivity index (χ2v) is 6.72. The number of benzene rings is 1. The van der Waals surface area contributed by atoms with Crippen LogP contribution >= 0.6 is 0 Å². The zero-order valence-electron chi connectivity index (χ0n) is 14.9. The number of hydrogen-bond acceptors (Lipinski definition) is 4. The van der Waals surface area contributed by atoms with Gasteiger partial charge in [0.15, 0.2) is 0 Å². The van der Waals surface area contributed by atoms with Gasteiger partial charge in [-0.3, -0.25) is 9.59 Å². The van der Waals surface area contributed by atoms with E-state index in [2.05, 4.69) is 5.10 Å². The van der Waals surface area contributed by atoms with E-state index in [1.807, 2.05) is 49.1 Å². The van der Waals surface area contributed by atoms with Gasteiger partial charge < -0.3 is 9.64 Å². The Morgan fingerprint density at radius 1 is 1.16 bits per heavy atom. The van der Waals surface area contributed by atoms with Crippen LogP contribution in [-0.4, -0.2) is 59.3 Å². The lowest BCUT2D eigenvalue weighted by Crippen LogP contribution is -2.50. The topological polar surface area (TPSA) is 62.2 Å². The number of nitrogens with zero attached hydrogens (tertiary/aromatic N) is 3. The summed E-state index contributed by atoms with van der Waals surface area (Å²) in [5.74, 6) is -0.0734. The Morgan fingerprint density at radius 3 is 2.64 bits per heavy atom. The SMILES string of the molecule is CC1CN(C(=O)CCC(=O)N2CCC(c3ccccc3)=N2)C(C)CO1. The van der Waals surface area contributed by atoms with Crippen LogP contribution < -0.4 is 0 Å². The molecule has 6 heteroatoms. The maximum absolute atomic E-state index is 12.4. The van der Waals surface area contributed by atoms with Gasteiger partial charge in [0.2, 0.25) is 11.8 Å². The fourth-order valence-electron chi connectivity index (χ4n) is 3.21. The molecule has 2 amide bonds. The number of amides is 2. The quantitative estimate of drug-likeness (QED) is 0.840. The average Bonchev–Trinajstić information content (AvgIpc) is 3.12. The van der Waals surface area contributed by atoms with Crippen LogP contribution in [0.4, 0.5) is 0 Å². The zero-order valence-corrected chi connectivity index (χ0v) is 14.9. The molecule has 0 N–H and O–H groups in total. The molecular weight excluding hydrogens is 318 g/mol. The van der Waals surface area contributed by atoms with Crippen molar-refractivity contribution in [2.24, 2.45) is 5.10 Å². The van der Waals surface area contributed by atoms with Crippen molar-refractivity contribution < 1.29 is 14.3 Å². The van der Waals surface area contributed by atoms with E-state index in [-0.39, 0.29) is 36.8 Å². The molecule has 2 heterocycles. The maximum atomic E-state index is 12.4. The Bertz CT molecular complexity index is 659. The summed E-state index contributed by atoms with van der Waals surface area (Å²) in [5.41, 5.74) is 1.97. The molecule has 3 rings (SSSR count). The Hall–Kier alpha value is -2.21. The van der Waals surface area contributed by atoms with Gasteiger partial charge in [0, 0.05) is 25.8 Å². The van der Waals surface area contributed by atoms with Crippen LogP contribution in [0.3, 0.4) is 0 Å². The Balaban J connectivity index is 1.53. The van der Waals surface area contributed by atoms with Gasteiger partial charge in [0.1, 0.15) is 0 Å². The Kier molecular flexibility index (Phi) is 5.48. The van der Waals surface area contributed by atoms with Crippen LogP contribution in [-0.2, 0) is 14.3 Å². The molecule has 2 unspecified atom stereocenters. The van der Waals surface area contributed by atoms with E-state index in [0.29, 0.717) is 19.7 Å². The number of ether oxygens (including phenoxy) is 1. The van der Waals surface area contributed by atoms with E-state index < -0.39 is 0 Å². The Labute approximate surface area is 148 Å². The number of rotatable bonds is 4. The highest BCUT2D eigenvalue weighted by Crippen LogP contribution is 2.17. The third-order valence-corrected chi connectivity index (χ3v) is 4.68. The number of hydrazone groups is 1. The van der Waals surface area contributed by atoms with Crippen molar-refractivity contribution in [3.8, 4) is 0 Å². The summed E-state index contributed by atoms with van der Waals surface area (Å²) in [5, 5.41) is 5.93. The molecule has 2 aliphatic heterocycles. The van der Waals surface area contributed by atoms with Crippen LogP contribution in [0, 0.1) is 0 Å². The normalized spacial score (nSPS) is 23.5. The van der Waals surface area contributed by atoms with E-state index in [1.54, 1.807) is 0 Å². The first-order valence-electron chi connectivity index (χ1n) is 8.89. The van der Waals surface area contributed by atoms with E-state index in [9.17, 15) is 9.59 Å². The highest BCUT2D eigenvalue weighted by atomic mass is 16.5. The molecular formula is C19H25N3O3. The van der Waals surface area contributed by atoms with Crippen molar-refractivity contribution >= 4 is 17.5 Å². The molecule has 0 radical (unpaired) electrons. The smallest absolute Gasteiger partial charge is 0.243 e. The van der Waals surface area contributed by atoms with E-state index in [4.69, 9.17) is 4.74 Å². The molecule has 0 aromatic heterocycles. The summed E-state index contributed by atoms with van der Waals surface area (Å²) in [6.07, 6.45) is 1.22. The predicted octanol–water partition coefficient (Wildman–Crippen LogP) is 2.04. The summed E-state index contributed by atoms with van der Waals surface area (Å²) in [6, 6.07) is 9.94. The van der Waals surface area contributed by atoms with Crippen LogP contribution in [0.15, 0.2) is 35.4 Å². The number of carbonyl (C=O) groups excluding carboxylic acids is 2. The largest absolute Gasteiger partial charge is 0.375 e. The molecule has 1 aromatic carbocycles. The first-order chi connectivity index (χ1) is 12.0. The molecule has 0 spiro atoms. The van der Waals surface area contributed by atoms with Crippen molar-refractivity contribution in [2.45, 2.75) is 45.3 Å². The van der Waals surface area contributed by atoms with Crippen molar-refractivity contribution in [1.82, 2.24) is 9.91 Å². The molecule has 2 atom stereocenters. The highest BCUT2D eigenvalue weighted by molar-refractivity contribution is 6.02. The molecule has 1 aromatic rings. The molecule has 0 saturated carbocycles. The molecule has 6 nitrogen and oxygen atoms in total. The molecule has 1 fully saturated rings. The fourth-order valence-corrected chi connectivity index (χ4v) is 3.21. The average molecular weight is 343 g/mol. The molecule has 1 saturated heterocycles. The summed E-state index contributed by atoms with van der Waals surface area (Å²) in [4.78, 5) is 26.6. The first kappa shape index (κ1) is 17.6. The van der Waals surface area contributed by atoms with Gasteiger partial charge in [-0.15, -0.1) is 0 Å². The van der Waals surface area contributed by atoms with E-state index in [0.717, 1.165) is 17.7 Å². The summed E-state index contributed by atoms with van der Waals surface area (Å²) in [7, 11) is 0. The molecule has 134 valence electrons. The standard InChI is InChI=1S/C19H25N3O3/c1-14-13-25-15(2)12-21(14)18(23)8-9-19(24)22-11-10-17(20-22)16-6-4-3-5-7-16/h3-7,14-15H,8-13H2,1-2H3. The summed E-state index contributed by atoms with van der Waals surface area (Å²) in [6.45, 7) is 5.66. The lowest BCUT2D eigenvalue weighted by Gasteiger charge is -2.36. The van der Waals surface area contributed by atoms with Crippen LogP contribution in [0.25, 0.3) is 0 Å².